The van der Waals surface area contributed by atoms with Crippen LogP contribution in [0.4, 0.5) is 11.4 Å². The van der Waals surface area contributed by atoms with E-state index in [2.05, 4.69) is 20.8 Å². The van der Waals surface area contributed by atoms with E-state index in [1.165, 1.54) is 28.0 Å². The number of carbonyl (C=O) groups is 3. The van der Waals surface area contributed by atoms with Gasteiger partial charge in [0.15, 0.2) is 6.61 Å². The fraction of sp³-hybridized carbons (Fsp3) is 0.227. The van der Waals surface area contributed by atoms with E-state index in [0.717, 1.165) is 5.56 Å². The number of carbonyl (C=O) groups excluding carboxylic acids is 3. The van der Waals surface area contributed by atoms with Gasteiger partial charge >= 0.3 is 5.97 Å². The third-order valence-corrected chi connectivity index (χ3v) is 5.07. The summed E-state index contributed by atoms with van der Waals surface area (Å²) in [6.45, 7) is 1.21. The summed E-state index contributed by atoms with van der Waals surface area (Å²) in [5.74, 6) is -1.76. The first-order chi connectivity index (χ1) is 16.4. The van der Waals surface area contributed by atoms with Crippen LogP contribution < -0.4 is 10.2 Å². The molecule has 0 atom stereocenters. The topological polar surface area (TPSA) is 143 Å². The summed E-state index contributed by atoms with van der Waals surface area (Å²) in [4.78, 5) is 39.1. The highest BCUT2D eigenvalue weighted by Gasteiger charge is 2.20. The number of hydrogen-bond donors (Lipinski definition) is 1. The normalized spacial score (nSPS) is 10.3. The number of halogens is 1. The lowest BCUT2D eigenvalue weighted by atomic mass is 10.1. The number of para-hydroxylation sites is 1. The van der Waals surface area contributed by atoms with Crippen LogP contribution in [0, 0.1) is 18.3 Å². The molecule has 174 valence electrons. The molecule has 3 aromatic rings. The van der Waals surface area contributed by atoms with E-state index in [1.54, 1.807) is 37.3 Å². The monoisotopic (exact) mass is 481 g/mol. The standard InChI is InChI=1S/C22H20ClN7O4/c1-15-11-16(7-8-18(15)23)30(10-4-9-24)21(32)13-34-22(33)17-5-2-3-6-19(17)26-20(31)12-29-14-25-27-28-29/h2-3,5-8,11,14H,4,10,12-13H2,1H3,(H,26,31). The Hall–Kier alpha value is -4.30. The second kappa shape index (κ2) is 11.5. The van der Waals surface area contributed by atoms with Gasteiger partial charge in [-0.1, -0.05) is 23.7 Å². The number of esters is 1. The highest BCUT2D eigenvalue weighted by Crippen LogP contribution is 2.23. The van der Waals surface area contributed by atoms with Gasteiger partial charge in [-0.2, -0.15) is 5.26 Å². The fourth-order valence-electron chi connectivity index (χ4n) is 3.00. The zero-order chi connectivity index (χ0) is 24.5. The van der Waals surface area contributed by atoms with Crippen LogP contribution in [0.5, 0.6) is 0 Å². The van der Waals surface area contributed by atoms with Gasteiger partial charge in [-0.25, -0.2) is 9.48 Å². The van der Waals surface area contributed by atoms with E-state index >= 15 is 0 Å². The van der Waals surface area contributed by atoms with Crippen molar-refractivity contribution in [2.75, 3.05) is 23.4 Å². The Bertz CT molecular complexity index is 1220. The predicted molar refractivity (Wildman–Crippen MR) is 122 cm³/mol. The average molecular weight is 482 g/mol. The van der Waals surface area contributed by atoms with Crippen LogP contribution in [-0.2, 0) is 20.9 Å². The third kappa shape index (κ3) is 6.36. The molecule has 12 heteroatoms. The number of nitrogens with one attached hydrogen (secondary N) is 1. The van der Waals surface area contributed by atoms with Gasteiger partial charge < -0.3 is 15.0 Å². The van der Waals surface area contributed by atoms with E-state index in [1.807, 2.05) is 6.07 Å². The van der Waals surface area contributed by atoms with Gasteiger partial charge in [0.2, 0.25) is 5.91 Å². The Kier molecular flexibility index (Phi) is 8.26. The minimum Gasteiger partial charge on any atom is -0.452 e. The van der Waals surface area contributed by atoms with Crippen molar-refractivity contribution in [3.63, 3.8) is 0 Å². The maximum Gasteiger partial charge on any atom is 0.340 e. The van der Waals surface area contributed by atoms with Crippen molar-refractivity contribution in [1.29, 1.82) is 5.26 Å². The van der Waals surface area contributed by atoms with Crippen molar-refractivity contribution < 1.29 is 19.1 Å². The molecule has 1 heterocycles. The molecule has 0 spiro atoms. The molecule has 0 fully saturated rings. The number of ether oxygens (including phenoxy) is 1. The lowest BCUT2D eigenvalue weighted by Gasteiger charge is -2.22. The SMILES string of the molecule is Cc1cc(N(CCC#N)C(=O)COC(=O)c2ccccc2NC(=O)Cn2cnnn2)ccc1Cl. The number of aryl methyl sites for hydroxylation is 1. The van der Waals surface area contributed by atoms with Crippen LogP contribution >= 0.6 is 11.6 Å². The molecular formula is C22H20ClN7O4. The van der Waals surface area contributed by atoms with Crippen molar-refractivity contribution >= 4 is 40.8 Å². The minimum atomic E-state index is -0.792. The molecule has 1 aromatic heterocycles. The van der Waals surface area contributed by atoms with Crippen LogP contribution in [-0.4, -0.2) is 51.1 Å². The second-order valence-corrected chi connectivity index (χ2v) is 7.47. The molecule has 0 aliphatic rings. The lowest BCUT2D eigenvalue weighted by Crippen LogP contribution is -2.35. The molecule has 0 unspecified atom stereocenters. The van der Waals surface area contributed by atoms with Gasteiger partial charge in [-0.05, 0) is 53.2 Å². The van der Waals surface area contributed by atoms with Gasteiger partial charge in [0, 0.05) is 17.3 Å². The van der Waals surface area contributed by atoms with E-state index < -0.39 is 24.4 Å². The van der Waals surface area contributed by atoms with Crippen LogP contribution in [0.1, 0.15) is 22.3 Å². The van der Waals surface area contributed by atoms with Gasteiger partial charge in [0.1, 0.15) is 12.9 Å². The molecule has 1 N–H and O–H groups in total. The molecule has 0 aliphatic heterocycles. The molecule has 34 heavy (non-hydrogen) atoms. The van der Waals surface area contributed by atoms with Crippen molar-refractivity contribution in [3.05, 3.63) is 64.9 Å². The summed E-state index contributed by atoms with van der Waals surface area (Å²) in [5.41, 5.74) is 1.59. The minimum absolute atomic E-state index is 0.0753. The van der Waals surface area contributed by atoms with Crippen LogP contribution in [0.25, 0.3) is 0 Å². The Morgan fingerprint density at radius 2 is 2.03 bits per heavy atom. The van der Waals surface area contributed by atoms with E-state index in [9.17, 15) is 14.4 Å². The first kappa shape index (κ1) is 24.3. The Morgan fingerprint density at radius 1 is 1.24 bits per heavy atom. The number of tetrazole rings is 1. The Balaban J connectivity index is 1.67. The number of nitriles is 1. The van der Waals surface area contributed by atoms with Crippen molar-refractivity contribution in [1.82, 2.24) is 20.2 Å². The van der Waals surface area contributed by atoms with Gasteiger partial charge in [0.25, 0.3) is 5.91 Å². The molecule has 2 aromatic carbocycles. The quantitative estimate of drug-likeness (QED) is 0.459. The molecule has 0 bridgehead atoms. The van der Waals surface area contributed by atoms with Crippen LogP contribution in [0.15, 0.2) is 48.8 Å². The van der Waals surface area contributed by atoms with Gasteiger partial charge in [0.05, 0.1) is 23.7 Å². The number of benzene rings is 2. The van der Waals surface area contributed by atoms with Crippen molar-refractivity contribution in [3.8, 4) is 6.07 Å². The van der Waals surface area contributed by atoms with Gasteiger partial charge in [-0.3, -0.25) is 9.59 Å². The Morgan fingerprint density at radius 3 is 2.74 bits per heavy atom. The average Bonchev–Trinajstić information content (AvgIpc) is 3.33. The molecule has 11 nitrogen and oxygen atoms in total. The number of amides is 2. The highest BCUT2D eigenvalue weighted by molar-refractivity contribution is 6.31. The first-order valence-corrected chi connectivity index (χ1v) is 10.5. The van der Waals surface area contributed by atoms with E-state index in [0.29, 0.717) is 10.7 Å². The third-order valence-electron chi connectivity index (χ3n) is 4.65. The zero-order valence-electron chi connectivity index (χ0n) is 18.1. The number of rotatable bonds is 9. The molecule has 0 radical (unpaired) electrons. The van der Waals surface area contributed by atoms with E-state index in [-0.39, 0.29) is 30.8 Å². The molecule has 3 rings (SSSR count). The fourth-order valence-corrected chi connectivity index (χ4v) is 3.12. The lowest BCUT2D eigenvalue weighted by molar-refractivity contribution is -0.121. The smallest absolute Gasteiger partial charge is 0.340 e. The maximum absolute atomic E-state index is 12.8. The largest absolute Gasteiger partial charge is 0.452 e. The predicted octanol–water partition coefficient (Wildman–Crippen LogP) is 2.38. The van der Waals surface area contributed by atoms with E-state index in [4.69, 9.17) is 21.6 Å². The summed E-state index contributed by atoms with van der Waals surface area (Å²) in [5, 5.41) is 22.6. The highest BCUT2D eigenvalue weighted by atomic mass is 35.5. The van der Waals surface area contributed by atoms with Gasteiger partial charge in [-0.15, -0.1) is 5.10 Å². The summed E-state index contributed by atoms with van der Waals surface area (Å²) in [6.07, 6.45) is 1.38. The van der Waals surface area contributed by atoms with Crippen LogP contribution in [0.2, 0.25) is 5.02 Å². The van der Waals surface area contributed by atoms with Crippen LogP contribution in [0.3, 0.4) is 0 Å². The number of nitrogens with zero attached hydrogens (tertiary/aromatic N) is 6. The summed E-state index contributed by atoms with van der Waals surface area (Å²) < 4.78 is 6.45. The Labute approximate surface area is 199 Å². The van der Waals surface area contributed by atoms with Crippen molar-refractivity contribution in [2.24, 2.45) is 0 Å². The maximum atomic E-state index is 12.8. The summed E-state index contributed by atoms with van der Waals surface area (Å²) in [6, 6.07) is 13.3. The number of anilines is 2. The zero-order valence-corrected chi connectivity index (χ0v) is 18.9. The molecule has 0 aliphatic carbocycles. The number of aromatic nitrogens is 4. The summed E-state index contributed by atoms with van der Waals surface area (Å²) in [7, 11) is 0. The van der Waals surface area contributed by atoms with Crippen molar-refractivity contribution in [2.45, 2.75) is 19.9 Å². The first-order valence-electron chi connectivity index (χ1n) is 10.1. The molecular weight excluding hydrogens is 462 g/mol. The second-order valence-electron chi connectivity index (χ2n) is 7.06. The summed E-state index contributed by atoms with van der Waals surface area (Å²) >= 11 is 6.06. The molecule has 0 saturated heterocycles. The molecule has 2 amide bonds. The number of hydrogen-bond acceptors (Lipinski definition) is 8. The molecule has 0 saturated carbocycles.